The minimum atomic E-state index is 0.758. The van der Waals surface area contributed by atoms with Crippen molar-refractivity contribution in [2.75, 3.05) is 0 Å². The Morgan fingerprint density at radius 3 is 2.27 bits per heavy atom. The number of allylic oxidation sites excluding steroid dienone is 5. The molecule has 0 aromatic heterocycles. The molecule has 0 saturated heterocycles. The van der Waals surface area contributed by atoms with Gasteiger partial charge in [0.05, 0.1) is 0 Å². The van der Waals surface area contributed by atoms with Crippen molar-refractivity contribution >= 4 is 11.6 Å². The quantitative estimate of drug-likeness (QED) is 0.561. The molecular weight excluding hydrogens is 156 g/mol. The molecule has 11 heavy (non-hydrogen) atoms. The van der Waals surface area contributed by atoms with Gasteiger partial charge in [0.25, 0.3) is 0 Å². The molecule has 0 aliphatic rings. The Morgan fingerprint density at radius 2 is 1.91 bits per heavy atom. The normalized spacial score (nSPS) is 11.1. The van der Waals surface area contributed by atoms with E-state index in [2.05, 4.69) is 6.58 Å². The summed E-state index contributed by atoms with van der Waals surface area (Å²) in [5.74, 6) is 0. The summed E-state index contributed by atoms with van der Waals surface area (Å²) in [5.41, 5.74) is 2.23. The van der Waals surface area contributed by atoms with Gasteiger partial charge in [-0.25, -0.2) is 0 Å². The van der Waals surface area contributed by atoms with Gasteiger partial charge in [-0.1, -0.05) is 36.8 Å². The van der Waals surface area contributed by atoms with Crippen molar-refractivity contribution in [2.45, 2.75) is 27.2 Å². The van der Waals surface area contributed by atoms with Gasteiger partial charge in [0.1, 0.15) is 0 Å². The maximum Gasteiger partial charge on any atom is 0.0431 e. The Kier molecular flexibility index (Phi) is 4.97. The average molecular weight is 171 g/mol. The van der Waals surface area contributed by atoms with Gasteiger partial charge in [0.15, 0.2) is 0 Å². The van der Waals surface area contributed by atoms with E-state index >= 15 is 0 Å². The second kappa shape index (κ2) is 5.20. The summed E-state index contributed by atoms with van der Waals surface area (Å²) in [6.45, 7) is 9.94. The van der Waals surface area contributed by atoms with Gasteiger partial charge in [-0.2, -0.15) is 0 Å². The van der Waals surface area contributed by atoms with Crippen molar-refractivity contribution < 1.29 is 0 Å². The molecule has 0 aromatic carbocycles. The molecule has 0 nitrogen and oxygen atoms in total. The van der Waals surface area contributed by atoms with Crippen molar-refractivity contribution in [2.24, 2.45) is 0 Å². The highest BCUT2D eigenvalue weighted by Crippen LogP contribution is 2.15. The molecule has 62 valence electrons. The molecule has 0 amide bonds. The monoisotopic (exact) mass is 170 g/mol. The highest BCUT2D eigenvalue weighted by molar-refractivity contribution is 6.32. The first kappa shape index (κ1) is 10.5. The van der Waals surface area contributed by atoms with Crippen LogP contribution in [-0.4, -0.2) is 0 Å². The van der Waals surface area contributed by atoms with Crippen molar-refractivity contribution in [1.29, 1.82) is 0 Å². The maximum atomic E-state index is 5.89. The predicted molar refractivity (Wildman–Crippen MR) is 52.8 cm³/mol. The van der Waals surface area contributed by atoms with Crippen LogP contribution in [0, 0.1) is 0 Å². The molecule has 0 rings (SSSR count). The van der Waals surface area contributed by atoms with Gasteiger partial charge in [0, 0.05) is 5.03 Å². The highest BCUT2D eigenvalue weighted by atomic mass is 35.5. The van der Waals surface area contributed by atoms with E-state index in [1.54, 1.807) is 0 Å². The first-order valence-electron chi connectivity index (χ1n) is 3.76. The fraction of sp³-hybridized carbons (Fsp3) is 0.400. The maximum absolute atomic E-state index is 5.89. The van der Waals surface area contributed by atoms with E-state index in [0.29, 0.717) is 0 Å². The van der Waals surface area contributed by atoms with E-state index in [0.717, 1.165) is 17.0 Å². The number of halogens is 1. The molecule has 0 unspecified atom stereocenters. The van der Waals surface area contributed by atoms with Gasteiger partial charge < -0.3 is 0 Å². The lowest BCUT2D eigenvalue weighted by Crippen LogP contribution is -1.76. The zero-order valence-corrected chi connectivity index (χ0v) is 8.20. The molecule has 0 heterocycles. The summed E-state index contributed by atoms with van der Waals surface area (Å²) >= 11 is 5.89. The van der Waals surface area contributed by atoms with Crippen LogP contribution in [0.4, 0.5) is 0 Å². The van der Waals surface area contributed by atoms with Gasteiger partial charge in [-0.3, -0.25) is 0 Å². The van der Waals surface area contributed by atoms with Crippen molar-refractivity contribution in [1.82, 2.24) is 0 Å². The Balaban J connectivity index is 4.23. The molecule has 0 fully saturated rings. The van der Waals surface area contributed by atoms with Gasteiger partial charge >= 0.3 is 0 Å². The molecule has 0 atom stereocenters. The summed E-state index contributed by atoms with van der Waals surface area (Å²) in [5, 5.41) is 0.758. The fourth-order valence-electron chi connectivity index (χ4n) is 0.527. The second-order valence-corrected chi connectivity index (χ2v) is 3.12. The van der Waals surface area contributed by atoms with Crippen LogP contribution >= 0.6 is 11.6 Å². The fourth-order valence-corrected chi connectivity index (χ4v) is 0.723. The largest absolute Gasteiger partial charge is 0.0944 e. The predicted octanol–water partition coefficient (Wildman–Crippen LogP) is 4.04. The first-order chi connectivity index (χ1) is 5.07. The van der Waals surface area contributed by atoms with Crippen LogP contribution in [0.15, 0.2) is 34.9 Å². The highest BCUT2D eigenvalue weighted by Gasteiger charge is 1.92. The van der Waals surface area contributed by atoms with E-state index in [1.807, 2.05) is 32.9 Å². The summed E-state index contributed by atoms with van der Waals surface area (Å²) in [4.78, 5) is 0. The third kappa shape index (κ3) is 4.86. The zero-order chi connectivity index (χ0) is 8.85. The van der Waals surface area contributed by atoms with E-state index in [4.69, 9.17) is 11.6 Å². The topological polar surface area (TPSA) is 0 Å². The molecule has 0 aliphatic heterocycles. The minimum Gasteiger partial charge on any atom is -0.0944 e. The summed E-state index contributed by atoms with van der Waals surface area (Å²) in [7, 11) is 0. The molecule has 0 aromatic rings. The Labute approximate surface area is 74.3 Å². The van der Waals surface area contributed by atoms with Gasteiger partial charge in [0.2, 0.25) is 0 Å². The van der Waals surface area contributed by atoms with Crippen molar-refractivity contribution in [3.63, 3.8) is 0 Å². The third-order valence-corrected chi connectivity index (χ3v) is 1.72. The summed E-state index contributed by atoms with van der Waals surface area (Å²) in [6, 6.07) is 0. The lowest BCUT2D eigenvalue weighted by molar-refractivity contribution is 1.15. The summed E-state index contributed by atoms with van der Waals surface area (Å²) < 4.78 is 0. The van der Waals surface area contributed by atoms with E-state index in [9.17, 15) is 0 Å². The van der Waals surface area contributed by atoms with Crippen LogP contribution in [0.2, 0.25) is 0 Å². The van der Waals surface area contributed by atoms with Crippen LogP contribution in [-0.2, 0) is 0 Å². The van der Waals surface area contributed by atoms with E-state index < -0.39 is 0 Å². The van der Waals surface area contributed by atoms with Crippen molar-refractivity contribution in [3.8, 4) is 0 Å². The SMILES string of the molecule is C=C(CC)/C(Cl)=C\C=C(C)C. The van der Waals surface area contributed by atoms with Crippen molar-refractivity contribution in [3.05, 3.63) is 34.9 Å². The van der Waals surface area contributed by atoms with E-state index in [1.165, 1.54) is 5.57 Å². The second-order valence-electron chi connectivity index (χ2n) is 2.72. The van der Waals surface area contributed by atoms with E-state index in [-0.39, 0.29) is 0 Å². The summed E-state index contributed by atoms with van der Waals surface area (Å²) in [6.07, 6.45) is 4.79. The number of hydrogen-bond acceptors (Lipinski definition) is 0. The molecule has 1 heteroatoms. The van der Waals surface area contributed by atoms with Crippen LogP contribution < -0.4 is 0 Å². The number of rotatable bonds is 3. The Hall–Kier alpha value is -0.490. The first-order valence-corrected chi connectivity index (χ1v) is 4.14. The minimum absolute atomic E-state index is 0.758. The number of hydrogen-bond donors (Lipinski definition) is 0. The molecular formula is C10H15Cl. The van der Waals surface area contributed by atoms with Crippen LogP contribution in [0.3, 0.4) is 0 Å². The van der Waals surface area contributed by atoms with Crippen LogP contribution in [0.25, 0.3) is 0 Å². The smallest absolute Gasteiger partial charge is 0.0431 e. The van der Waals surface area contributed by atoms with Gasteiger partial charge in [-0.05, 0) is 31.9 Å². The standard InChI is InChI=1S/C10H15Cl/c1-5-9(4)10(11)7-6-8(2)3/h6-7H,4-5H2,1-3H3/b10-7+. The molecule has 0 spiro atoms. The molecule has 0 radical (unpaired) electrons. The van der Waals surface area contributed by atoms with Crippen LogP contribution in [0.5, 0.6) is 0 Å². The Morgan fingerprint density at radius 1 is 1.36 bits per heavy atom. The molecule has 0 aliphatic carbocycles. The molecule has 0 saturated carbocycles. The lowest BCUT2D eigenvalue weighted by Gasteiger charge is -1.97. The zero-order valence-electron chi connectivity index (χ0n) is 7.45. The Bertz CT molecular complexity index is 193. The van der Waals surface area contributed by atoms with Gasteiger partial charge in [-0.15, -0.1) is 0 Å². The molecule has 0 bridgehead atoms. The van der Waals surface area contributed by atoms with Crippen LogP contribution in [0.1, 0.15) is 27.2 Å². The third-order valence-electron chi connectivity index (χ3n) is 1.33. The molecule has 0 N–H and O–H groups in total. The lowest BCUT2D eigenvalue weighted by atomic mass is 10.2. The average Bonchev–Trinajstić information content (AvgIpc) is 1.98.